The molecule has 0 aromatic rings. The van der Waals surface area contributed by atoms with E-state index in [9.17, 15) is 0 Å². The lowest BCUT2D eigenvalue weighted by atomic mass is 10.2. The van der Waals surface area contributed by atoms with Crippen LogP contribution < -0.4 is 62.0 Å². The van der Waals surface area contributed by atoms with E-state index in [2.05, 4.69) is 209 Å². The molecule has 0 rings (SSSR count). The SMILES string of the molecule is C.CCCN(CCN(C)CCOCCOCCOCCOCCOCCOCCO)CCN(CCN(C)CCN(CCN(C)CCN(C)CCOCCOCCOCCOCCOCCOCCO)CCN(CC[N+](C)(C)CCN(C)CCN(C)C)CC[N+](C)(CCC)CCN(CCN(C)C)CCN(C)C)CCN(C)CC[N+](C)(C)CCC.[Cl-].[Cl-].[Cl-].[Cl-].[Cl-]. The van der Waals surface area contributed by atoms with Crippen molar-refractivity contribution >= 4 is 0 Å². The lowest BCUT2D eigenvalue weighted by molar-refractivity contribution is -0.909. The molecule has 0 aromatic carbocycles. The summed E-state index contributed by atoms with van der Waals surface area (Å²) in [5, 5.41) is 17.6. The van der Waals surface area contributed by atoms with Gasteiger partial charge in [0, 0.05) is 190 Å². The zero-order chi connectivity index (χ0) is 86.7. The molecule has 0 heterocycles. The van der Waals surface area contributed by atoms with Crippen molar-refractivity contribution in [3.05, 3.63) is 0 Å². The molecule has 36 heteroatoms. The molecule has 0 spiro atoms. The van der Waals surface area contributed by atoms with Crippen molar-refractivity contribution < 1.29 is 143 Å². The third-order valence-electron chi connectivity index (χ3n) is 21.6. The van der Waals surface area contributed by atoms with Gasteiger partial charge in [-0.15, -0.1) is 0 Å². The van der Waals surface area contributed by atoms with Gasteiger partial charge in [-0.25, -0.2) is 0 Å². The number of likely N-dealkylation sites (N-methyl/N-ethyl adjacent to an activating group) is 12. The van der Waals surface area contributed by atoms with Gasteiger partial charge < -0.3 is 182 Å². The molecule has 752 valence electrons. The summed E-state index contributed by atoms with van der Waals surface area (Å²) in [6.45, 7) is 58.9. The van der Waals surface area contributed by atoms with E-state index in [4.69, 9.17) is 67.1 Å². The Labute approximate surface area is 787 Å². The molecule has 0 saturated carbocycles. The molecular weight excluding hydrogens is 1680 g/mol. The Morgan fingerprint density at radius 1 is 0.187 bits per heavy atom. The van der Waals surface area contributed by atoms with E-state index in [1.807, 2.05) is 0 Å². The Morgan fingerprint density at radius 3 is 0.650 bits per heavy atom. The van der Waals surface area contributed by atoms with E-state index in [-0.39, 0.29) is 82.7 Å². The molecule has 0 fully saturated rings. The van der Waals surface area contributed by atoms with E-state index in [1.165, 1.54) is 32.5 Å². The van der Waals surface area contributed by atoms with Gasteiger partial charge in [-0.3, -0.25) is 29.4 Å². The second kappa shape index (κ2) is 94.0. The van der Waals surface area contributed by atoms with Crippen LogP contribution in [0.15, 0.2) is 0 Å². The van der Waals surface area contributed by atoms with Crippen molar-refractivity contribution in [2.24, 2.45) is 0 Å². The Morgan fingerprint density at radius 2 is 0.374 bits per heavy atom. The molecule has 0 radical (unpaired) electrons. The fourth-order valence-corrected chi connectivity index (χ4v) is 12.9. The average molecular weight is 1880 g/mol. The second-order valence-corrected chi connectivity index (χ2v) is 34.8. The number of aliphatic hydroxyl groups excluding tert-OH is 2. The van der Waals surface area contributed by atoms with Crippen molar-refractivity contribution in [3.8, 4) is 0 Å². The topological polar surface area (TPSA) is 197 Å². The first-order valence-corrected chi connectivity index (χ1v) is 45.5. The van der Waals surface area contributed by atoms with Gasteiger partial charge in [-0.1, -0.05) is 28.2 Å². The summed E-state index contributed by atoms with van der Waals surface area (Å²) < 4.78 is 70.5. The first-order valence-electron chi connectivity index (χ1n) is 45.5. The molecule has 0 aliphatic rings. The second-order valence-electron chi connectivity index (χ2n) is 34.8. The third kappa shape index (κ3) is 92.5. The Hall–Kier alpha value is 0.210. The van der Waals surface area contributed by atoms with E-state index in [0.29, 0.717) is 159 Å². The Kier molecular flexibility index (Phi) is 104. The number of hydrogen-bond donors (Lipinski definition) is 2. The first kappa shape index (κ1) is 136. The van der Waals surface area contributed by atoms with E-state index in [1.54, 1.807) is 0 Å². The summed E-state index contributed by atoms with van der Waals surface area (Å²) in [4.78, 5) is 35.9. The highest BCUT2D eigenvalue weighted by Gasteiger charge is 2.27. The predicted octanol–water partition coefficient (Wildman–Crippen LogP) is -13.6. The van der Waals surface area contributed by atoms with Crippen molar-refractivity contribution in [1.82, 2.24) is 68.6 Å². The van der Waals surface area contributed by atoms with Gasteiger partial charge in [0.2, 0.25) is 0 Å². The average Bonchev–Trinajstić information content (AvgIpc) is 0.873. The van der Waals surface area contributed by atoms with E-state index >= 15 is 0 Å². The summed E-state index contributed by atoms with van der Waals surface area (Å²) in [7, 11) is 39.2. The van der Waals surface area contributed by atoms with E-state index in [0.717, 1.165) is 242 Å². The van der Waals surface area contributed by atoms with Crippen molar-refractivity contribution in [2.45, 2.75) is 47.5 Å². The van der Waals surface area contributed by atoms with Crippen molar-refractivity contribution in [1.29, 1.82) is 0 Å². The molecule has 31 nitrogen and oxygen atoms in total. The van der Waals surface area contributed by atoms with Gasteiger partial charge in [-0.05, 0) is 110 Å². The molecule has 0 aliphatic carbocycles. The van der Waals surface area contributed by atoms with Crippen LogP contribution in [0.4, 0.5) is 0 Å². The highest BCUT2D eigenvalue weighted by atomic mass is 35.5. The van der Waals surface area contributed by atoms with Crippen LogP contribution in [-0.4, -0.2) is 626 Å². The minimum absolute atomic E-state index is 0. The maximum atomic E-state index is 8.79. The number of ether oxygens (including phenoxy) is 12. The predicted molar refractivity (Wildman–Crippen MR) is 489 cm³/mol. The number of rotatable bonds is 94. The van der Waals surface area contributed by atoms with Gasteiger partial charge >= 0.3 is 0 Å². The fourth-order valence-electron chi connectivity index (χ4n) is 12.9. The van der Waals surface area contributed by atoms with Crippen LogP contribution >= 0.6 is 0 Å². The standard InChI is InChI=1S/C86H194N17O14.CH4.5ClH/c1-21-24-96(38-35-95(15)53-64-107-68-72-111-76-80-115-84-86-117-82-78-113-74-70-109-66-62-105)43-44-98(42-34-93(13)47-56-101(16,17)54-22-2)41-33-91(11)32-40-97(39-31-90(10)29-30-94(14)52-63-106-67-71-110-75-79-114-83-85-116-81-77-112-73-69-108-65-61-104)45-46-100(49-58-102(18,19)57-48-92(12)28-25-87(4)5)51-60-103(20,55-23-3)59-50-99(36-26-88(6)7)37-27-89(8)9;;;;;;/h104-105H,21-86H2,1-20H3;1H4;5*1H/q+3;;;;;;/p-5. The largest absolute Gasteiger partial charge is 1.00 e. The Bertz CT molecular complexity index is 2090. The van der Waals surface area contributed by atoms with Gasteiger partial charge in [0.05, 0.1) is 253 Å². The summed E-state index contributed by atoms with van der Waals surface area (Å²) in [5.41, 5.74) is 0. The molecule has 0 bridgehead atoms. The zero-order valence-corrected chi connectivity index (χ0v) is 85.7. The van der Waals surface area contributed by atoms with Gasteiger partial charge in [0.1, 0.15) is 0 Å². The minimum atomic E-state index is 0. The number of hydrogen-bond acceptors (Lipinski definition) is 28. The van der Waals surface area contributed by atoms with Crippen molar-refractivity contribution in [3.63, 3.8) is 0 Å². The minimum Gasteiger partial charge on any atom is -1.00 e. The summed E-state index contributed by atoms with van der Waals surface area (Å²) in [6.07, 6.45) is 3.52. The Balaban J connectivity index is -0.00000449. The zero-order valence-electron chi connectivity index (χ0n) is 82.0. The van der Waals surface area contributed by atoms with Crippen LogP contribution in [0.5, 0.6) is 0 Å². The highest BCUT2D eigenvalue weighted by Crippen LogP contribution is 2.11. The molecule has 1 atom stereocenters. The van der Waals surface area contributed by atoms with Crippen LogP contribution in [-0.2, 0) is 56.8 Å². The molecule has 0 amide bonds. The van der Waals surface area contributed by atoms with Crippen LogP contribution in [0.25, 0.3) is 0 Å². The fraction of sp³-hybridized carbons (Fsp3) is 1.00. The van der Waals surface area contributed by atoms with Crippen LogP contribution in [0.2, 0.25) is 0 Å². The van der Waals surface area contributed by atoms with Crippen LogP contribution in [0, 0.1) is 0 Å². The number of halogens is 5. The van der Waals surface area contributed by atoms with Gasteiger partial charge in [-0.2, -0.15) is 0 Å². The van der Waals surface area contributed by atoms with Crippen LogP contribution in [0.3, 0.4) is 0 Å². The maximum Gasteiger partial charge on any atom is 0.0914 e. The monoisotopic (exact) mass is 1880 g/mol. The first-order chi connectivity index (χ1) is 56.2. The summed E-state index contributed by atoms with van der Waals surface area (Å²) >= 11 is 0. The molecule has 0 saturated heterocycles. The molecule has 0 aromatic heterocycles. The summed E-state index contributed by atoms with van der Waals surface area (Å²) in [5.74, 6) is 0. The summed E-state index contributed by atoms with van der Waals surface area (Å²) in [6, 6.07) is 0. The molecule has 0 aliphatic heterocycles. The van der Waals surface area contributed by atoms with Crippen molar-refractivity contribution in [2.75, 3.05) is 534 Å². The molecule has 1 unspecified atom stereocenters. The van der Waals surface area contributed by atoms with Gasteiger partial charge in [0.25, 0.3) is 0 Å². The molecule has 123 heavy (non-hydrogen) atoms. The quantitative estimate of drug-likeness (QED) is 0.0430. The number of aliphatic hydroxyl groups is 2. The highest BCUT2D eigenvalue weighted by molar-refractivity contribution is 4.73. The van der Waals surface area contributed by atoms with E-state index < -0.39 is 0 Å². The van der Waals surface area contributed by atoms with Gasteiger partial charge in [0.15, 0.2) is 0 Å². The lowest BCUT2D eigenvalue weighted by Gasteiger charge is -2.39. The maximum absolute atomic E-state index is 8.79. The molecule has 2 N–H and O–H groups in total. The number of nitrogens with zero attached hydrogens (tertiary/aromatic N) is 17. The van der Waals surface area contributed by atoms with Crippen LogP contribution in [0.1, 0.15) is 47.5 Å². The normalized spacial score (nSPS) is 12.8. The smallest absolute Gasteiger partial charge is 0.0914 e. The molecular formula is C87H198Cl5N17O14-2. The lowest BCUT2D eigenvalue weighted by Crippen LogP contribution is -3.00. The number of quaternary nitrogens is 3. The third-order valence-corrected chi connectivity index (χ3v) is 21.6.